The fraction of sp³-hybridized carbons (Fsp3) is 0. The van der Waals surface area contributed by atoms with Crippen molar-refractivity contribution in [1.82, 2.24) is 4.98 Å². The summed E-state index contributed by atoms with van der Waals surface area (Å²) in [5, 5.41) is 2.31. The molecule has 0 aliphatic rings. The lowest BCUT2D eigenvalue weighted by Crippen LogP contribution is -1.75. The predicted molar refractivity (Wildman–Crippen MR) is 49.1 cm³/mol. The number of pyridine rings is 1. The first kappa shape index (κ1) is 6.55. The molecular formula is C9H7NS. The zero-order valence-electron chi connectivity index (χ0n) is 5.87. The third-order valence-corrected chi connectivity index (χ3v) is 2.02. The van der Waals surface area contributed by atoms with Crippen molar-refractivity contribution < 1.29 is 0 Å². The molecule has 1 N–H and O–H groups in total. The Balaban J connectivity index is 3.03. The highest BCUT2D eigenvalue weighted by atomic mass is 32.1. The smallest absolute Gasteiger partial charge is 0.111 e. The van der Waals surface area contributed by atoms with Crippen molar-refractivity contribution >= 4 is 23.0 Å². The van der Waals surface area contributed by atoms with Crippen LogP contribution in [0.2, 0.25) is 0 Å². The van der Waals surface area contributed by atoms with Gasteiger partial charge in [0.25, 0.3) is 0 Å². The number of benzene rings is 1. The highest BCUT2D eigenvalue weighted by Crippen LogP contribution is 2.11. The van der Waals surface area contributed by atoms with E-state index < -0.39 is 0 Å². The number of fused-ring (bicyclic) bond motifs is 1. The second-order valence-corrected chi connectivity index (χ2v) is 2.80. The lowest BCUT2D eigenvalue weighted by Gasteiger charge is -1.94. The molecule has 11 heavy (non-hydrogen) atoms. The number of H-pyrrole nitrogens is 1. The Labute approximate surface area is 69.7 Å². The van der Waals surface area contributed by atoms with Gasteiger partial charge in [0.2, 0.25) is 0 Å². The summed E-state index contributed by atoms with van der Waals surface area (Å²) < 4.78 is 0.808. The molecule has 0 bridgehead atoms. The first-order valence-corrected chi connectivity index (χ1v) is 3.85. The SMILES string of the molecule is S=c1[nH]ccc2ccccc12. The molecule has 0 spiro atoms. The minimum atomic E-state index is 0.808. The van der Waals surface area contributed by atoms with Gasteiger partial charge in [0.1, 0.15) is 4.64 Å². The number of aromatic nitrogens is 1. The zero-order chi connectivity index (χ0) is 7.68. The molecule has 1 aromatic heterocycles. The zero-order valence-corrected chi connectivity index (χ0v) is 6.69. The third-order valence-electron chi connectivity index (χ3n) is 1.68. The summed E-state index contributed by atoms with van der Waals surface area (Å²) >= 11 is 5.10. The predicted octanol–water partition coefficient (Wildman–Crippen LogP) is 2.90. The van der Waals surface area contributed by atoms with E-state index in [0.29, 0.717) is 0 Å². The van der Waals surface area contributed by atoms with E-state index in [0.717, 1.165) is 10.0 Å². The van der Waals surface area contributed by atoms with Crippen molar-refractivity contribution in [3.05, 3.63) is 41.2 Å². The summed E-state index contributed by atoms with van der Waals surface area (Å²) in [7, 11) is 0. The molecule has 0 fully saturated rings. The molecule has 0 saturated carbocycles. The maximum absolute atomic E-state index is 5.10. The van der Waals surface area contributed by atoms with Gasteiger partial charge in [-0.1, -0.05) is 36.5 Å². The van der Waals surface area contributed by atoms with Crippen LogP contribution in [-0.2, 0) is 0 Å². The molecule has 0 aliphatic heterocycles. The van der Waals surface area contributed by atoms with Crippen molar-refractivity contribution in [3.8, 4) is 0 Å². The van der Waals surface area contributed by atoms with E-state index in [9.17, 15) is 0 Å². The van der Waals surface area contributed by atoms with E-state index >= 15 is 0 Å². The van der Waals surface area contributed by atoms with Gasteiger partial charge in [0, 0.05) is 11.6 Å². The average Bonchev–Trinajstić information content (AvgIpc) is 2.06. The monoisotopic (exact) mass is 161 g/mol. The van der Waals surface area contributed by atoms with Crippen LogP contribution in [0.15, 0.2) is 36.5 Å². The molecule has 54 valence electrons. The summed E-state index contributed by atoms with van der Waals surface area (Å²) in [6.07, 6.45) is 1.87. The van der Waals surface area contributed by atoms with Gasteiger partial charge in [0.15, 0.2) is 0 Å². The fourth-order valence-electron chi connectivity index (χ4n) is 1.13. The van der Waals surface area contributed by atoms with Crippen molar-refractivity contribution in [2.24, 2.45) is 0 Å². The molecule has 0 unspecified atom stereocenters. The second kappa shape index (κ2) is 2.47. The van der Waals surface area contributed by atoms with Gasteiger partial charge in [-0.05, 0) is 11.5 Å². The van der Waals surface area contributed by atoms with Gasteiger partial charge in [-0.15, -0.1) is 0 Å². The summed E-state index contributed by atoms with van der Waals surface area (Å²) in [6.45, 7) is 0. The van der Waals surface area contributed by atoms with Gasteiger partial charge in [0.05, 0.1) is 0 Å². The Morgan fingerprint density at radius 1 is 1.09 bits per heavy atom. The highest BCUT2D eigenvalue weighted by Gasteiger charge is 1.89. The lowest BCUT2D eigenvalue weighted by molar-refractivity contribution is 1.33. The van der Waals surface area contributed by atoms with Gasteiger partial charge in [-0.25, -0.2) is 0 Å². The second-order valence-electron chi connectivity index (χ2n) is 2.39. The van der Waals surface area contributed by atoms with Gasteiger partial charge >= 0.3 is 0 Å². The fourth-order valence-corrected chi connectivity index (χ4v) is 1.39. The molecular weight excluding hydrogens is 154 g/mol. The van der Waals surface area contributed by atoms with Crippen LogP contribution in [0.1, 0.15) is 0 Å². The van der Waals surface area contributed by atoms with E-state index in [4.69, 9.17) is 12.2 Å². The maximum Gasteiger partial charge on any atom is 0.111 e. The minimum absolute atomic E-state index is 0.808. The topological polar surface area (TPSA) is 15.8 Å². The summed E-state index contributed by atoms with van der Waals surface area (Å²) in [6, 6.07) is 10.1. The molecule has 0 saturated heterocycles. The molecule has 1 nitrogen and oxygen atoms in total. The van der Waals surface area contributed by atoms with Crippen molar-refractivity contribution in [3.63, 3.8) is 0 Å². The lowest BCUT2D eigenvalue weighted by atomic mass is 10.2. The Hall–Kier alpha value is -1.15. The number of hydrogen-bond donors (Lipinski definition) is 1. The van der Waals surface area contributed by atoms with Crippen LogP contribution in [0.3, 0.4) is 0 Å². The first-order chi connectivity index (χ1) is 5.38. The summed E-state index contributed by atoms with van der Waals surface area (Å²) in [4.78, 5) is 2.99. The molecule has 0 radical (unpaired) electrons. The Kier molecular flexibility index (Phi) is 1.47. The molecule has 0 amide bonds. The van der Waals surface area contributed by atoms with E-state index in [1.165, 1.54) is 5.39 Å². The van der Waals surface area contributed by atoms with Crippen LogP contribution in [0.5, 0.6) is 0 Å². The normalized spacial score (nSPS) is 10.2. The van der Waals surface area contributed by atoms with E-state index in [1.807, 2.05) is 30.5 Å². The molecule has 0 aliphatic carbocycles. The third kappa shape index (κ3) is 1.05. The Bertz CT molecular complexity index is 425. The van der Waals surface area contributed by atoms with Crippen LogP contribution in [0.4, 0.5) is 0 Å². The Morgan fingerprint density at radius 2 is 1.91 bits per heavy atom. The van der Waals surface area contributed by atoms with E-state index in [1.54, 1.807) is 0 Å². The van der Waals surface area contributed by atoms with Crippen LogP contribution in [0.25, 0.3) is 10.8 Å². The molecule has 0 atom stereocenters. The van der Waals surface area contributed by atoms with Crippen LogP contribution in [0, 0.1) is 4.64 Å². The van der Waals surface area contributed by atoms with Gasteiger partial charge in [-0.3, -0.25) is 0 Å². The molecule has 2 heteroatoms. The number of aromatic amines is 1. The van der Waals surface area contributed by atoms with Crippen LogP contribution < -0.4 is 0 Å². The van der Waals surface area contributed by atoms with Gasteiger partial charge < -0.3 is 4.98 Å². The molecule has 2 rings (SSSR count). The largest absolute Gasteiger partial charge is 0.352 e. The maximum atomic E-state index is 5.10. The first-order valence-electron chi connectivity index (χ1n) is 3.44. The van der Waals surface area contributed by atoms with Crippen molar-refractivity contribution in [1.29, 1.82) is 0 Å². The molecule has 2 aromatic rings. The van der Waals surface area contributed by atoms with E-state index in [2.05, 4.69) is 11.1 Å². The summed E-state index contributed by atoms with van der Waals surface area (Å²) in [5.74, 6) is 0. The summed E-state index contributed by atoms with van der Waals surface area (Å²) in [5.41, 5.74) is 0. The number of rotatable bonds is 0. The standard InChI is InChI=1S/C9H7NS/c11-9-8-4-2-1-3-7(8)5-6-10-9/h1-6H,(H,10,11). The van der Waals surface area contributed by atoms with Crippen LogP contribution >= 0.6 is 12.2 Å². The van der Waals surface area contributed by atoms with Crippen molar-refractivity contribution in [2.45, 2.75) is 0 Å². The van der Waals surface area contributed by atoms with E-state index in [-0.39, 0.29) is 0 Å². The van der Waals surface area contributed by atoms with Crippen LogP contribution in [-0.4, -0.2) is 4.98 Å². The highest BCUT2D eigenvalue weighted by molar-refractivity contribution is 7.71. The average molecular weight is 161 g/mol. The van der Waals surface area contributed by atoms with Crippen molar-refractivity contribution in [2.75, 3.05) is 0 Å². The molecule has 1 heterocycles. The molecule has 1 aromatic carbocycles. The minimum Gasteiger partial charge on any atom is -0.352 e. The Morgan fingerprint density at radius 3 is 2.73 bits per heavy atom. The quantitative estimate of drug-likeness (QED) is 0.587. The van der Waals surface area contributed by atoms with Gasteiger partial charge in [-0.2, -0.15) is 0 Å². The number of hydrogen-bond acceptors (Lipinski definition) is 1. The number of nitrogens with one attached hydrogen (secondary N) is 1.